The summed E-state index contributed by atoms with van der Waals surface area (Å²) >= 11 is 0. The fourth-order valence-electron chi connectivity index (χ4n) is 2.00. The minimum atomic E-state index is -0.199. The summed E-state index contributed by atoms with van der Waals surface area (Å²) in [4.78, 5) is 0. The molecular formula is C13H16O. The largest absolute Gasteiger partial charge is 0.389 e. The van der Waals surface area contributed by atoms with Gasteiger partial charge in [-0.15, -0.1) is 0 Å². The molecule has 0 saturated heterocycles. The van der Waals surface area contributed by atoms with Crippen molar-refractivity contribution in [3.8, 4) is 0 Å². The Labute approximate surface area is 85.1 Å². The molecule has 0 radical (unpaired) electrons. The highest BCUT2D eigenvalue weighted by molar-refractivity contribution is 5.28. The van der Waals surface area contributed by atoms with Crippen LogP contribution in [0.25, 0.3) is 0 Å². The second-order valence-electron chi connectivity index (χ2n) is 4.10. The standard InChI is InChI=1S/C13H16O/c1-10-3-2-4-11(7-10)8-12-5-6-13(14)9-12/h2-4,7,9,13-14H,5-6,8H2,1H3. The first-order valence-corrected chi connectivity index (χ1v) is 5.17. The lowest BCUT2D eigenvalue weighted by Crippen LogP contribution is -1.93. The summed E-state index contributed by atoms with van der Waals surface area (Å²) in [6.45, 7) is 2.11. The predicted molar refractivity (Wildman–Crippen MR) is 58.2 cm³/mol. The molecule has 1 nitrogen and oxygen atoms in total. The summed E-state index contributed by atoms with van der Waals surface area (Å²) in [5, 5.41) is 9.36. The van der Waals surface area contributed by atoms with Crippen molar-refractivity contribution in [3.05, 3.63) is 47.0 Å². The molecule has 1 N–H and O–H groups in total. The minimum absolute atomic E-state index is 0.199. The maximum absolute atomic E-state index is 9.36. The second kappa shape index (κ2) is 3.97. The van der Waals surface area contributed by atoms with Crippen LogP contribution in [-0.4, -0.2) is 11.2 Å². The van der Waals surface area contributed by atoms with Gasteiger partial charge in [0.25, 0.3) is 0 Å². The van der Waals surface area contributed by atoms with E-state index in [1.165, 1.54) is 16.7 Å². The number of hydrogen-bond donors (Lipinski definition) is 1. The SMILES string of the molecule is Cc1cccc(CC2=CC(O)CC2)c1. The Morgan fingerprint density at radius 3 is 2.93 bits per heavy atom. The third kappa shape index (κ3) is 2.24. The number of aryl methyl sites for hydroxylation is 1. The molecule has 1 aromatic carbocycles. The van der Waals surface area contributed by atoms with E-state index in [-0.39, 0.29) is 6.10 Å². The first-order valence-electron chi connectivity index (χ1n) is 5.17. The van der Waals surface area contributed by atoms with Crippen LogP contribution in [0.2, 0.25) is 0 Å². The van der Waals surface area contributed by atoms with Crippen LogP contribution in [0.5, 0.6) is 0 Å². The van der Waals surface area contributed by atoms with E-state index < -0.39 is 0 Å². The van der Waals surface area contributed by atoms with Crippen molar-refractivity contribution in [2.24, 2.45) is 0 Å². The maximum atomic E-state index is 9.36. The van der Waals surface area contributed by atoms with Gasteiger partial charge in [-0.1, -0.05) is 41.5 Å². The highest BCUT2D eigenvalue weighted by atomic mass is 16.3. The predicted octanol–water partition coefficient (Wildman–Crippen LogP) is 2.62. The van der Waals surface area contributed by atoms with Gasteiger partial charge in [-0.3, -0.25) is 0 Å². The molecule has 1 heteroatoms. The molecule has 14 heavy (non-hydrogen) atoms. The van der Waals surface area contributed by atoms with Crippen LogP contribution in [0.1, 0.15) is 24.0 Å². The lowest BCUT2D eigenvalue weighted by Gasteiger charge is -2.02. The Morgan fingerprint density at radius 1 is 1.43 bits per heavy atom. The Hall–Kier alpha value is -1.08. The maximum Gasteiger partial charge on any atom is 0.0726 e. The van der Waals surface area contributed by atoms with E-state index in [0.29, 0.717) is 0 Å². The lowest BCUT2D eigenvalue weighted by molar-refractivity contribution is 0.223. The molecule has 74 valence electrons. The van der Waals surface area contributed by atoms with Crippen LogP contribution in [-0.2, 0) is 6.42 Å². The van der Waals surface area contributed by atoms with Crippen molar-refractivity contribution in [2.75, 3.05) is 0 Å². The van der Waals surface area contributed by atoms with Crippen molar-refractivity contribution in [1.82, 2.24) is 0 Å². The Bertz CT molecular complexity index is 352. The molecule has 1 aliphatic rings. The number of allylic oxidation sites excluding steroid dienone is 1. The summed E-state index contributed by atoms with van der Waals surface area (Å²) in [6.07, 6.45) is 4.76. The average Bonchev–Trinajstić information content (AvgIpc) is 2.51. The zero-order chi connectivity index (χ0) is 9.97. The molecule has 1 aliphatic carbocycles. The number of rotatable bonds is 2. The van der Waals surface area contributed by atoms with Gasteiger partial charge in [0.1, 0.15) is 0 Å². The summed E-state index contributed by atoms with van der Waals surface area (Å²) in [5.41, 5.74) is 4.04. The molecular weight excluding hydrogens is 172 g/mol. The zero-order valence-corrected chi connectivity index (χ0v) is 8.53. The van der Waals surface area contributed by atoms with Crippen LogP contribution in [0, 0.1) is 6.92 Å². The lowest BCUT2D eigenvalue weighted by atomic mass is 10.0. The minimum Gasteiger partial charge on any atom is -0.389 e. The van der Waals surface area contributed by atoms with Gasteiger partial charge < -0.3 is 5.11 Å². The molecule has 0 fully saturated rings. The third-order valence-electron chi connectivity index (χ3n) is 2.70. The number of aliphatic hydroxyl groups excluding tert-OH is 1. The molecule has 0 aromatic heterocycles. The molecule has 0 aliphatic heterocycles. The fourth-order valence-corrected chi connectivity index (χ4v) is 2.00. The molecule has 0 heterocycles. The van der Waals surface area contributed by atoms with E-state index in [2.05, 4.69) is 31.2 Å². The van der Waals surface area contributed by atoms with E-state index in [1.54, 1.807) is 0 Å². The average molecular weight is 188 g/mol. The number of aliphatic hydroxyl groups is 1. The Kier molecular flexibility index (Phi) is 2.69. The van der Waals surface area contributed by atoms with Crippen molar-refractivity contribution in [2.45, 2.75) is 32.3 Å². The van der Waals surface area contributed by atoms with Crippen LogP contribution in [0.3, 0.4) is 0 Å². The molecule has 1 unspecified atom stereocenters. The second-order valence-corrected chi connectivity index (χ2v) is 4.10. The van der Waals surface area contributed by atoms with Crippen LogP contribution in [0.15, 0.2) is 35.9 Å². The molecule has 0 bridgehead atoms. The Morgan fingerprint density at radius 2 is 2.29 bits per heavy atom. The van der Waals surface area contributed by atoms with Crippen molar-refractivity contribution in [3.63, 3.8) is 0 Å². The van der Waals surface area contributed by atoms with Crippen molar-refractivity contribution in [1.29, 1.82) is 0 Å². The fraction of sp³-hybridized carbons (Fsp3) is 0.385. The van der Waals surface area contributed by atoms with Crippen LogP contribution in [0.4, 0.5) is 0 Å². The van der Waals surface area contributed by atoms with Crippen molar-refractivity contribution >= 4 is 0 Å². The third-order valence-corrected chi connectivity index (χ3v) is 2.70. The smallest absolute Gasteiger partial charge is 0.0726 e. The van der Waals surface area contributed by atoms with Crippen LogP contribution >= 0.6 is 0 Å². The highest BCUT2D eigenvalue weighted by Gasteiger charge is 2.12. The summed E-state index contributed by atoms with van der Waals surface area (Å²) in [6, 6.07) is 8.57. The number of benzene rings is 1. The van der Waals surface area contributed by atoms with Gasteiger partial charge in [0, 0.05) is 0 Å². The molecule has 1 aromatic rings. The van der Waals surface area contributed by atoms with Gasteiger partial charge in [-0.05, 0) is 31.7 Å². The van der Waals surface area contributed by atoms with Crippen LogP contribution < -0.4 is 0 Å². The quantitative estimate of drug-likeness (QED) is 0.707. The van der Waals surface area contributed by atoms with Gasteiger partial charge in [0.15, 0.2) is 0 Å². The Balaban J connectivity index is 2.08. The normalized spacial score (nSPS) is 21.0. The van der Waals surface area contributed by atoms with Gasteiger partial charge >= 0.3 is 0 Å². The van der Waals surface area contributed by atoms with E-state index in [1.807, 2.05) is 6.08 Å². The number of hydrogen-bond acceptors (Lipinski definition) is 1. The van der Waals surface area contributed by atoms with Gasteiger partial charge in [-0.2, -0.15) is 0 Å². The summed E-state index contributed by atoms with van der Waals surface area (Å²) in [5.74, 6) is 0. The molecule has 2 rings (SSSR count). The van der Waals surface area contributed by atoms with E-state index in [9.17, 15) is 5.11 Å². The van der Waals surface area contributed by atoms with E-state index in [0.717, 1.165) is 19.3 Å². The molecule has 1 atom stereocenters. The summed E-state index contributed by atoms with van der Waals surface area (Å²) in [7, 11) is 0. The molecule has 0 amide bonds. The van der Waals surface area contributed by atoms with E-state index in [4.69, 9.17) is 0 Å². The van der Waals surface area contributed by atoms with Crippen molar-refractivity contribution < 1.29 is 5.11 Å². The van der Waals surface area contributed by atoms with Gasteiger partial charge in [-0.25, -0.2) is 0 Å². The van der Waals surface area contributed by atoms with Gasteiger partial charge in [0.05, 0.1) is 6.10 Å². The van der Waals surface area contributed by atoms with E-state index >= 15 is 0 Å². The highest BCUT2D eigenvalue weighted by Crippen LogP contribution is 2.22. The summed E-state index contributed by atoms with van der Waals surface area (Å²) < 4.78 is 0. The first kappa shape index (κ1) is 9.47. The topological polar surface area (TPSA) is 20.2 Å². The molecule has 0 spiro atoms. The molecule has 0 saturated carbocycles. The monoisotopic (exact) mass is 188 g/mol. The first-order chi connectivity index (χ1) is 6.74. The zero-order valence-electron chi connectivity index (χ0n) is 8.53. The van der Waals surface area contributed by atoms with Gasteiger partial charge in [0.2, 0.25) is 0 Å².